The van der Waals surface area contributed by atoms with Crippen molar-refractivity contribution in [2.45, 2.75) is 25.3 Å². The lowest BCUT2D eigenvalue weighted by molar-refractivity contribution is -0.121. The molecule has 2 aromatic carbocycles. The molecule has 1 N–H and O–H groups in total. The van der Waals surface area contributed by atoms with Crippen molar-refractivity contribution < 1.29 is 14.3 Å². The monoisotopic (exact) mass is 338 g/mol. The SMILES string of the molecule is COc1ccc(N2C(=O)C[C@H](NCCCc3ccccc3)C2=O)cc1. The van der Waals surface area contributed by atoms with Gasteiger partial charge in [0.25, 0.3) is 5.91 Å². The minimum Gasteiger partial charge on any atom is -0.497 e. The maximum atomic E-state index is 12.5. The highest BCUT2D eigenvalue weighted by Gasteiger charge is 2.39. The maximum Gasteiger partial charge on any atom is 0.251 e. The highest BCUT2D eigenvalue weighted by atomic mass is 16.5. The van der Waals surface area contributed by atoms with Crippen LogP contribution in [0.2, 0.25) is 0 Å². The van der Waals surface area contributed by atoms with E-state index in [1.54, 1.807) is 31.4 Å². The van der Waals surface area contributed by atoms with Gasteiger partial charge in [0.15, 0.2) is 0 Å². The summed E-state index contributed by atoms with van der Waals surface area (Å²) in [5.74, 6) is 0.337. The van der Waals surface area contributed by atoms with E-state index in [0.29, 0.717) is 18.0 Å². The van der Waals surface area contributed by atoms with Gasteiger partial charge in [0.2, 0.25) is 5.91 Å². The number of ether oxygens (including phenoxy) is 1. The van der Waals surface area contributed by atoms with E-state index in [1.165, 1.54) is 10.5 Å². The first-order valence-corrected chi connectivity index (χ1v) is 8.47. The Morgan fingerprint density at radius 2 is 1.80 bits per heavy atom. The fourth-order valence-electron chi connectivity index (χ4n) is 3.01. The van der Waals surface area contributed by atoms with E-state index >= 15 is 0 Å². The molecule has 0 bridgehead atoms. The summed E-state index contributed by atoms with van der Waals surface area (Å²) in [4.78, 5) is 26.0. The van der Waals surface area contributed by atoms with Crippen molar-refractivity contribution in [3.8, 4) is 5.75 Å². The summed E-state index contributed by atoms with van der Waals surface area (Å²) >= 11 is 0. The van der Waals surface area contributed by atoms with Crippen LogP contribution in [0.4, 0.5) is 5.69 Å². The number of hydrogen-bond donors (Lipinski definition) is 1. The molecule has 2 aromatic rings. The van der Waals surface area contributed by atoms with E-state index in [1.807, 2.05) is 18.2 Å². The zero-order chi connectivity index (χ0) is 17.6. The number of nitrogens with zero attached hydrogens (tertiary/aromatic N) is 1. The number of nitrogens with one attached hydrogen (secondary N) is 1. The second-order valence-corrected chi connectivity index (χ2v) is 6.07. The average Bonchev–Trinajstić information content (AvgIpc) is 2.93. The fourth-order valence-corrected chi connectivity index (χ4v) is 3.01. The van der Waals surface area contributed by atoms with Gasteiger partial charge < -0.3 is 10.1 Å². The van der Waals surface area contributed by atoms with Gasteiger partial charge >= 0.3 is 0 Å². The molecule has 5 heteroatoms. The second kappa shape index (κ2) is 7.94. The Kier molecular flexibility index (Phi) is 5.46. The first-order chi connectivity index (χ1) is 12.2. The number of aryl methyl sites for hydroxylation is 1. The molecule has 0 radical (unpaired) electrons. The van der Waals surface area contributed by atoms with Crippen molar-refractivity contribution in [2.75, 3.05) is 18.6 Å². The molecule has 1 atom stereocenters. The average molecular weight is 338 g/mol. The van der Waals surface area contributed by atoms with Crippen molar-refractivity contribution in [3.63, 3.8) is 0 Å². The Bertz CT molecular complexity index is 728. The van der Waals surface area contributed by atoms with Gasteiger partial charge in [-0.15, -0.1) is 0 Å². The summed E-state index contributed by atoms with van der Waals surface area (Å²) in [5, 5.41) is 3.22. The van der Waals surface area contributed by atoms with Gasteiger partial charge in [0.1, 0.15) is 5.75 Å². The van der Waals surface area contributed by atoms with Crippen LogP contribution < -0.4 is 15.0 Å². The Balaban J connectivity index is 1.53. The molecule has 0 aliphatic carbocycles. The number of carbonyl (C=O) groups excluding carboxylic acids is 2. The third kappa shape index (κ3) is 4.06. The van der Waals surface area contributed by atoms with Gasteiger partial charge in [0, 0.05) is 0 Å². The van der Waals surface area contributed by atoms with E-state index in [2.05, 4.69) is 17.4 Å². The second-order valence-electron chi connectivity index (χ2n) is 6.07. The van der Waals surface area contributed by atoms with Crippen LogP contribution >= 0.6 is 0 Å². The van der Waals surface area contributed by atoms with Crippen molar-refractivity contribution >= 4 is 17.5 Å². The predicted octanol–water partition coefficient (Wildman–Crippen LogP) is 2.55. The molecule has 3 rings (SSSR count). The van der Waals surface area contributed by atoms with Crippen LogP contribution in [-0.2, 0) is 16.0 Å². The topological polar surface area (TPSA) is 58.6 Å². The zero-order valence-electron chi connectivity index (χ0n) is 14.3. The van der Waals surface area contributed by atoms with E-state index in [9.17, 15) is 9.59 Å². The molecule has 0 unspecified atom stereocenters. The molecule has 1 fully saturated rings. The number of hydrogen-bond acceptors (Lipinski definition) is 4. The number of benzene rings is 2. The molecule has 0 saturated carbocycles. The summed E-state index contributed by atoms with van der Waals surface area (Å²) in [7, 11) is 1.58. The number of imide groups is 1. The van der Waals surface area contributed by atoms with Crippen LogP contribution in [0.5, 0.6) is 5.75 Å². The van der Waals surface area contributed by atoms with Crippen molar-refractivity contribution in [3.05, 3.63) is 60.2 Å². The number of anilines is 1. The van der Waals surface area contributed by atoms with Gasteiger partial charge in [-0.2, -0.15) is 0 Å². The van der Waals surface area contributed by atoms with Gasteiger partial charge in [-0.1, -0.05) is 30.3 Å². The molecule has 25 heavy (non-hydrogen) atoms. The van der Waals surface area contributed by atoms with Crippen LogP contribution in [0.3, 0.4) is 0 Å². The molecule has 130 valence electrons. The molecule has 0 spiro atoms. The lowest BCUT2D eigenvalue weighted by Crippen LogP contribution is -2.39. The standard InChI is InChI=1S/C20H22N2O3/c1-25-17-11-9-16(10-12-17)22-19(23)14-18(20(22)24)21-13-5-8-15-6-3-2-4-7-15/h2-4,6-7,9-12,18,21H,5,8,13-14H2,1H3/t18-/m0/s1. The molecular formula is C20H22N2O3. The lowest BCUT2D eigenvalue weighted by Gasteiger charge is -2.16. The highest BCUT2D eigenvalue weighted by Crippen LogP contribution is 2.25. The number of amides is 2. The Morgan fingerprint density at radius 3 is 2.48 bits per heavy atom. The van der Waals surface area contributed by atoms with Gasteiger partial charge in [0.05, 0.1) is 25.3 Å². The van der Waals surface area contributed by atoms with Crippen LogP contribution in [0.25, 0.3) is 0 Å². The molecule has 5 nitrogen and oxygen atoms in total. The minimum absolute atomic E-state index is 0.171. The highest BCUT2D eigenvalue weighted by molar-refractivity contribution is 6.22. The summed E-state index contributed by atoms with van der Waals surface area (Å²) in [6, 6.07) is 16.7. The molecule has 2 amide bonds. The first kappa shape index (κ1) is 17.2. The maximum absolute atomic E-state index is 12.5. The van der Waals surface area contributed by atoms with Gasteiger partial charge in [-0.05, 0) is 49.2 Å². The fraction of sp³-hybridized carbons (Fsp3) is 0.300. The summed E-state index contributed by atoms with van der Waals surface area (Å²) in [6.07, 6.45) is 2.08. The number of rotatable bonds is 7. The molecule has 1 heterocycles. The normalized spacial score (nSPS) is 17.2. The number of methoxy groups -OCH3 is 1. The van der Waals surface area contributed by atoms with E-state index in [-0.39, 0.29) is 18.2 Å². The lowest BCUT2D eigenvalue weighted by atomic mass is 10.1. The van der Waals surface area contributed by atoms with Crippen LogP contribution in [-0.4, -0.2) is 31.5 Å². The molecular weight excluding hydrogens is 316 g/mol. The van der Waals surface area contributed by atoms with Crippen LogP contribution in [0.1, 0.15) is 18.4 Å². The molecule has 1 aliphatic heterocycles. The smallest absolute Gasteiger partial charge is 0.251 e. The summed E-state index contributed by atoms with van der Waals surface area (Å²) in [6.45, 7) is 0.703. The zero-order valence-corrected chi connectivity index (χ0v) is 14.3. The third-order valence-corrected chi connectivity index (χ3v) is 4.35. The van der Waals surface area contributed by atoms with E-state index < -0.39 is 6.04 Å². The van der Waals surface area contributed by atoms with Crippen LogP contribution in [0, 0.1) is 0 Å². The Labute approximate surface area is 147 Å². The number of carbonyl (C=O) groups is 2. The largest absolute Gasteiger partial charge is 0.497 e. The van der Waals surface area contributed by atoms with E-state index in [4.69, 9.17) is 4.74 Å². The quantitative estimate of drug-likeness (QED) is 0.623. The van der Waals surface area contributed by atoms with Gasteiger partial charge in [-0.25, -0.2) is 4.90 Å². The van der Waals surface area contributed by atoms with Gasteiger partial charge in [-0.3, -0.25) is 9.59 Å². The predicted molar refractivity (Wildman–Crippen MR) is 96.7 cm³/mol. The Morgan fingerprint density at radius 1 is 1.08 bits per heavy atom. The van der Waals surface area contributed by atoms with Crippen molar-refractivity contribution in [2.24, 2.45) is 0 Å². The first-order valence-electron chi connectivity index (χ1n) is 8.47. The summed E-state index contributed by atoms with van der Waals surface area (Å²) < 4.78 is 5.11. The Hall–Kier alpha value is -2.66. The van der Waals surface area contributed by atoms with E-state index in [0.717, 1.165) is 12.8 Å². The third-order valence-electron chi connectivity index (χ3n) is 4.35. The summed E-state index contributed by atoms with van der Waals surface area (Å²) in [5.41, 5.74) is 1.86. The minimum atomic E-state index is -0.439. The molecule has 1 aliphatic rings. The van der Waals surface area contributed by atoms with Crippen LogP contribution in [0.15, 0.2) is 54.6 Å². The van der Waals surface area contributed by atoms with Crippen molar-refractivity contribution in [1.82, 2.24) is 5.32 Å². The molecule has 0 aromatic heterocycles. The molecule has 1 saturated heterocycles. The van der Waals surface area contributed by atoms with Crippen molar-refractivity contribution in [1.29, 1.82) is 0 Å².